The Morgan fingerprint density at radius 2 is 1.29 bits per heavy atom. The molecule has 2 rings (SSSR count). The molecule has 7 nitrogen and oxygen atoms in total. The van der Waals surface area contributed by atoms with Crippen LogP contribution >= 0.6 is 0 Å². The molecule has 0 aliphatic carbocycles. The molecule has 0 bridgehead atoms. The first-order valence-corrected chi connectivity index (χ1v) is 17.6. The molecule has 0 saturated carbocycles. The van der Waals surface area contributed by atoms with Crippen LogP contribution in [-0.4, -0.2) is 69.1 Å². The van der Waals surface area contributed by atoms with Gasteiger partial charge < -0.3 is 29.9 Å². The quantitative estimate of drug-likeness (QED) is 0.0624. The van der Waals surface area contributed by atoms with Crippen LogP contribution in [0.15, 0.2) is 11.6 Å². The second kappa shape index (κ2) is 22.5. The van der Waals surface area contributed by atoms with Crippen LogP contribution < -0.4 is 0 Å². The van der Waals surface area contributed by atoms with Crippen LogP contribution in [0.4, 0.5) is 0 Å². The predicted molar refractivity (Wildman–Crippen MR) is 168 cm³/mol. The van der Waals surface area contributed by atoms with E-state index in [9.17, 15) is 25.2 Å². The summed E-state index contributed by atoms with van der Waals surface area (Å²) in [4.78, 5) is 11.6. The summed E-state index contributed by atoms with van der Waals surface area (Å²) < 4.78 is 11.3. The van der Waals surface area contributed by atoms with Crippen LogP contribution in [-0.2, 0) is 14.3 Å². The molecular formula is C35H64O7. The maximum atomic E-state index is 11.6. The minimum atomic E-state index is -0.604. The number of hydrogen-bond acceptors (Lipinski definition) is 7. The smallest absolute Gasteiger partial charge is 0.334 e. The molecule has 0 aromatic heterocycles. The molecule has 2 aliphatic heterocycles. The van der Waals surface area contributed by atoms with Crippen LogP contribution in [0, 0.1) is 0 Å². The molecule has 4 N–H and O–H groups in total. The van der Waals surface area contributed by atoms with Gasteiger partial charge in [0.1, 0.15) is 6.10 Å². The van der Waals surface area contributed by atoms with Crippen molar-refractivity contribution in [3.8, 4) is 0 Å². The standard InChI is InChI=1S/C35H64O7/c1-3-4-13-20-31(37)32(38)21-16-11-12-17-22-33(39)34-24-23-30(42-34)19-15-10-8-6-5-7-9-14-18-29(36)26-28-25-27(2)41-35(28)40/h25,27,29-34,36-39H,3-24,26H2,1-2H3/t27-,29+,30?,31?,32?,33-,34-/m0/s1. The van der Waals surface area contributed by atoms with E-state index in [4.69, 9.17) is 9.47 Å². The summed E-state index contributed by atoms with van der Waals surface area (Å²) in [6.45, 7) is 3.98. The van der Waals surface area contributed by atoms with Gasteiger partial charge in [-0.15, -0.1) is 0 Å². The Morgan fingerprint density at radius 3 is 1.88 bits per heavy atom. The van der Waals surface area contributed by atoms with Gasteiger partial charge in [-0.05, 0) is 57.9 Å². The normalized spacial score (nSPS) is 23.5. The highest BCUT2D eigenvalue weighted by molar-refractivity contribution is 5.90. The van der Waals surface area contributed by atoms with Gasteiger partial charge in [-0.2, -0.15) is 0 Å². The molecule has 0 radical (unpaired) electrons. The lowest BCUT2D eigenvalue weighted by molar-refractivity contribution is -0.139. The first-order valence-electron chi connectivity index (χ1n) is 17.6. The van der Waals surface area contributed by atoms with Gasteiger partial charge in [0, 0.05) is 12.0 Å². The number of hydrogen-bond donors (Lipinski definition) is 4. The van der Waals surface area contributed by atoms with Gasteiger partial charge in [0.05, 0.1) is 36.6 Å². The van der Waals surface area contributed by atoms with Crippen LogP contribution in [0.2, 0.25) is 0 Å². The van der Waals surface area contributed by atoms with E-state index < -0.39 is 18.3 Å². The summed E-state index contributed by atoms with van der Waals surface area (Å²) >= 11 is 0. The minimum absolute atomic E-state index is 0.0131. The topological polar surface area (TPSA) is 116 Å². The van der Waals surface area contributed by atoms with Gasteiger partial charge in [-0.3, -0.25) is 0 Å². The molecule has 0 aromatic rings. The van der Waals surface area contributed by atoms with Crippen molar-refractivity contribution in [1.82, 2.24) is 0 Å². The number of ether oxygens (including phenoxy) is 2. The van der Waals surface area contributed by atoms with Crippen molar-refractivity contribution in [2.75, 3.05) is 0 Å². The molecule has 1 saturated heterocycles. The Balaban J connectivity index is 1.36. The number of unbranched alkanes of at least 4 members (excludes halogenated alkanes) is 12. The van der Waals surface area contributed by atoms with Crippen molar-refractivity contribution in [1.29, 1.82) is 0 Å². The van der Waals surface area contributed by atoms with Crippen molar-refractivity contribution in [3.63, 3.8) is 0 Å². The highest BCUT2D eigenvalue weighted by atomic mass is 16.5. The van der Waals surface area contributed by atoms with Crippen LogP contribution in [0.25, 0.3) is 0 Å². The second-order valence-electron chi connectivity index (χ2n) is 13.1. The molecule has 3 unspecified atom stereocenters. The molecule has 42 heavy (non-hydrogen) atoms. The first-order chi connectivity index (χ1) is 20.3. The SMILES string of the molecule is CCCCCC(O)C(O)CCCCCC[C@H](O)[C@@H]1CCC(CCCCCCCCCC[C@@H](O)CC2=C[C@H](C)OC2=O)O1. The fraction of sp³-hybridized carbons (Fsp3) is 0.914. The number of esters is 1. The lowest BCUT2D eigenvalue weighted by atomic mass is 9.99. The van der Waals surface area contributed by atoms with E-state index >= 15 is 0 Å². The number of aliphatic hydroxyl groups is 4. The third-order valence-electron chi connectivity index (χ3n) is 9.13. The molecule has 2 aliphatic rings. The molecule has 7 heteroatoms. The third-order valence-corrected chi connectivity index (χ3v) is 9.13. The molecule has 0 spiro atoms. The van der Waals surface area contributed by atoms with E-state index in [2.05, 4.69) is 6.92 Å². The summed E-state index contributed by atoms with van der Waals surface area (Å²) in [5, 5.41) is 40.9. The number of cyclic esters (lactones) is 1. The summed E-state index contributed by atoms with van der Waals surface area (Å²) in [7, 11) is 0. The van der Waals surface area contributed by atoms with Crippen molar-refractivity contribution in [2.24, 2.45) is 0 Å². The fourth-order valence-corrected chi connectivity index (χ4v) is 6.41. The largest absolute Gasteiger partial charge is 0.455 e. The molecule has 2 heterocycles. The third kappa shape index (κ3) is 16.2. The van der Waals surface area contributed by atoms with Gasteiger partial charge in [-0.25, -0.2) is 4.79 Å². The van der Waals surface area contributed by atoms with Crippen LogP contribution in [0.3, 0.4) is 0 Å². The van der Waals surface area contributed by atoms with Crippen LogP contribution in [0.1, 0.15) is 162 Å². The second-order valence-corrected chi connectivity index (χ2v) is 13.1. The van der Waals surface area contributed by atoms with Gasteiger partial charge >= 0.3 is 5.97 Å². The summed E-state index contributed by atoms with van der Waals surface area (Å²) in [5.41, 5.74) is 0.621. The molecule has 0 amide bonds. The molecule has 7 atom stereocenters. The van der Waals surface area contributed by atoms with Crippen molar-refractivity contribution in [3.05, 3.63) is 11.6 Å². The van der Waals surface area contributed by atoms with Crippen molar-refractivity contribution in [2.45, 2.75) is 204 Å². The van der Waals surface area contributed by atoms with Gasteiger partial charge in [0.25, 0.3) is 0 Å². The highest BCUT2D eigenvalue weighted by Gasteiger charge is 2.30. The monoisotopic (exact) mass is 596 g/mol. The lowest BCUT2D eigenvalue weighted by Crippen LogP contribution is -2.26. The Labute approximate surface area is 256 Å². The van der Waals surface area contributed by atoms with E-state index in [-0.39, 0.29) is 24.3 Å². The van der Waals surface area contributed by atoms with E-state index in [1.165, 1.54) is 38.5 Å². The molecule has 246 valence electrons. The maximum Gasteiger partial charge on any atom is 0.334 e. The van der Waals surface area contributed by atoms with Crippen molar-refractivity contribution >= 4 is 5.97 Å². The Morgan fingerprint density at radius 1 is 0.738 bits per heavy atom. The number of carbonyl (C=O) groups excluding carboxylic acids is 1. The average Bonchev–Trinajstić information content (AvgIpc) is 3.56. The fourth-order valence-electron chi connectivity index (χ4n) is 6.41. The zero-order valence-electron chi connectivity index (χ0n) is 26.9. The number of rotatable bonds is 26. The average molecular weight is 597 g/mol. The predicted octanol–water partition coefficient (Wildman–Crippen LogP) is 7.06. The summed E-state index contributed by atoms with van der Waals surface area (Å²) in [5.74, 6) is -0.277. The Bertz CT molecular complexity index is 726. The lowest BCUT2D eigenvalue weighted by Gasteiger charge is -2.20. The number of carbonyl (C=O) groups is 1. The van der Waals surface area contributed by atoms with Gasteiger partial charge in [0.2, 0.25) is 0 Å². The van der Waals surface area contributed by atoms with E-state index in [0.717, 1.165) is 89.9 Å². The molecule has 0 aromatic carbocycles. The van der Waals surface area contributed by atoms with E-state index in [0.29, 0.717) is 30.9 Å². The number of aliphatic hydroxyl groups excluding tert-OH is 4. The zero-order chi connectivity index (χ0) is 30.6. The molecular weight excluding hydrogens is 532 g/mol. The Hall–Kier alpha value is -0.990. The van der Waals surface area contributed by atoms with Gasteiger partial charge in [-0.1, -0.05) is 103 Å². The maximum absolute atomic E-state index is 11.6. The zero-order valence-corrected chi connectivity index (χ0v) is 26.9. The van der Waals surface area contributed by atoms with Gasteiger partial charge in [0.15, 0.2) is 0 Å². The van der Waals surface area contributed by atoms with E-state index in [1.54, 1.807) is 0 Å². The highest BCUT2D eigenvalue weighted by Crippen LogP contribution is 2.28. The van der Waals surface area contributed by atoms with Crippen LogP contribution in [0.5, 0.6) is 0 Å². The molecule has 1 fully saturated rings. The van der Waals surface area contributed by atoms with Crippen molar-refractivity contribution < 1.29 is 34.7 Å². The summed E-state index contributed by atoms with van der Waals surface area (Å²) in [6.07, 6.45) is 23.0. The first kappa shape index (κ1) is 37.2. The van der Waals surface area contributed by atoms with E-state index in [1.807, 2.05) is 13.0 Å². The summed E-state index contributed by atoms with van der Waals surface area (Å²) in [6, 6.07) is 0. The minimum Gasteiger partial charge on any atom is -0.455 e. The Kier molecular flexibility index (Phi) is 19.9.